The van der Waals surface area contributed by atoms with Crippen molar-refractivity contribution in [2.24, 2.45) is 87.2 Å². The number of hydrogen-bond acceptors (Lipinski definition) is 7. The highest BCUT2D eigenvalue weighted by atomic mass is 16.6. The summed E-state index contributed by atoms with van der Waals surface area (Å²) in [6.45, 7) is 83.0. The number of allylic oxidation sites excluding steroid dienone is 1. The molecule has 0 aliphatic carbocycles. The molecule has 0 rings (SSSR count). The van der Waals surface area contributed by atoms with Gasteiger partial charge >= 0.3 is 0 Å². The largest absolute Gasteiger partial charge is 0.411 e. The number of Topliss-reactive ketones (excluding diaryl/α,β-unsaturated/α-hetero) is 1. The fourth-order valence-electron chi connectivity index (χ4n) is 4.30. The normalized spacial score (nSPS) is 10.3. The maximum Gasteiger partial charge on any atom is 0.222 e. The molecule has 524 valence electrons. The summed E-state index contributed by atoms with van der Waals surface area (Å²) < 4.78 is 0. The van der Waals surface area contributed by atoms with Crippen LogP contribution in [0.4, 0.5) is 0 Å². The van der Waals surface area contributed by atoms with Crippen LogP contribution in [-0.4, -0.2) is 60.2 Å². The van der Waals surface area contributed by atoms with Crippen molar-refractivity contribution in [1.82, 2.24) is 4.90 Å². The van der Waals surface area contributed by atoms with Crippen molar-refractivity contribution in [3.63, 3.8) is 0 Å². The van der Waals surface area contributed by atoms with Gasteiger partial charge in [-0.2, -0.15) is 0 Å². The summed E-state index contributed by atoms with van der Waals surface area (Å²) in [7, 11) is 5.16. The van der Waals surface area contributed by atoms with E-state index in [1.165, 1.54) is 76.7 Å². The maximum atomic E-state index is 11.0. The molecule has 85 heavy (non-hydrogen) atoms. The highest BCUT2D eigenvalue weighted by Crippen LogP contribution is 2.06. The number of hydrogen-bond donors (Lipinski definition) is 1. The Balaban J connectivity index is -0.0000000605. The third-order valence-electron chi connectivity index (χ3n) is 11.7. The molecule has 0 bridgehead atoms. The van der Waals surface area contributed by atoms with Crippen molar-refractivity contribution in [3.8, 4) is 0 Å². The standard InChI is InChI=1S/C8H17NO.C7H15NO.C7H12O.C7H16.C6H13NO.C6H12O.C6H14.6C5H12/c1-7(2)5-6-8(10)9(3)4;1-6(2)5-7(3)8-9-4;1-4-7(8)5-6(2)3;1-4-5-6-7(2)3;1-5(2)4-6(3)7-8;1-5(2)4-6(3)7;1-4-5-6(2)3;6*1-4-5(2)3/h7H,5-6H2,1-4H3;6H,5H2,1-4H3;4,6H,1,5H2,2-3H3;7H,4-6H2,1-3H3;5,8H,4H2,1-3H3;5H,4H2,1-3H3;6H,4-5H2,1-3H3;6*5H,4H2,1-3H3/b;8-7+;;;7-6+;;;;;;;;. The first kappa shape index (κ1) is 113. The monoisotopic (exact) mass is 1220 g/mol. The SMILES string of the molecule is C/C(CC(C)C)=N\O.C=CC(=O)CC(C)C.CC(=O)CC(C)C.CC(C)CCC(=O)N(C)C.CCC(C)C.CCC(C)C.CCC(C)C.CCC(C)C.CCC(C)C.CCC(C)C.CCCC(C)C.CCCCC(C)C.CO/N=C(\C)CC(C)C. The van der Waals surface area contributed by atoms with E-state index in [-0.39, 0.29) is 17.5 Å². The number of unbranched alkanes of at least 4 members (excludes halogenated alkanes) is 1. The zero-order valence-electron chi connectivity index (χ0n) is 66.7. The molecule has 0 heterocycles. The highest BCUT2D eigenvalue weighted by Gasteiger charge is 2.04. The van der Waals surface area contributed by atoms with Crippen LogP contribution in [0, 0.1) is 76.9 Å². The highest BCUT2D eigenvalue weighted by molar-refractivity contribution is 5.89. The average Bonchev–Trinajstić information content (AvgIpc) is 3.38. The van der Waals surface area contributed by atoms with E-state index in [0.717, 1.165) is 84.4 Å². The van der Waals surface area contributed by atoms with E-state index in [2.05, 4.69) is 229 Å². The van der Waals surface area contributed by atoms with Crippen LogP contribution in [0.2, 0.25) is 0 Å². The first-order valence-electron chi connectivity index (χ1n) is 34.9. The molecule has 0 spiro atoms. The zero-order chi connectivity index (χ0) is 70.8. The van der Waals surface area contributed by atoms with E-state index < -0.39 is 0 Å². The van der Waals surface area contributed by atoms with Gasteiger partial charge in [0.1, 0.15) is 12.9 Å². The Morgan fingerprint density at radius 3 is 0.788 bits per heavy atom. The van der Waals surface area contributed by atoms with E-state index in [1.54, 1.807) is 33.0 Å². The van der Waals surface area contributed by atoms with Gasteiger partial charge in [-0.15, -0.1) is 0 Å². The van der Waals surface area contributed by atoms with Gasteiger partial charge in [-0.3, -0.25) is 9.59 Å². The molecule has 0 unspecified atom stereocenters. The van der Waals surface area contributed by atoms with Gasteiger partial charge in [-0.25, -0.2) is 0 Å². The topological polar surface area (TPSA) is 109 Å². The van der Waals surface area contributed by atoms with Crippen LogP contribution in [0.3, 0.4) is 0 Å². The Morgan fingerprint density at radius 1 is 0.412 bits per heavy atom. The second-order valence-electron chi connectivity index (χ2n) is 28.4. The van der Waals surface area contributed by atoms with Gasteiger partial charge in [0.25, 0.3) is 0 Å². The minimum atomic E-state index is 0.139. The molecule has 8 heteroatoms. The van der Waals surface area contributed by atoms with Gasteiger partial charge in [0.15, 0.2) is 5.78 Å². The van der Waals surface area contributed by atoms with Crippen molar-refractivity contribution in [2.75, 3.05) is 21.2 Å². The molecule has 0 saturated heterocycles. The van der Waals surface area contributed by atoms with E-state index in [4.69, 9.17) is 5.21 Å². The van der Waals surface area contributed by atoms with Crippen LogP contribution in [0.15, 0.2) is 23.0 Å². The number of oxime groups is 2. The van der Waals surface area contributed by atoms with Gasteiger partial charge in [0.2, 0.25) is 5.91 Å². The predicted octanol–water partition coefficient (Wildman–Crippen LogP) is 26.4. The third-order valence-corrected chi connectivity index (χ3v) is 11.7. The summed E-state index contributed by atoms with van der Waals surface area (Å²) in [5, 5.41) is 15.0. The smallest absolute Gasteiger partial charge is 0.222 e. The lowest BCUT2D eigenvalue weighted by Gasteiger charge is -2.10. The van der Waals surface area contributed by atoms with Crippen molar-refractivity contribution in [3.05, 3.63) is 12.7 Å². The summed E-state index contributed by atoms with van der Waals surface area (Å²) in [6, 6.07) is 0. The van der Waals surface area contributed by atoms with Crippen LogP contribution in [0.25, 0.3) is 0 Å². The van der Waals surface area contributed by atoms with Crippen LogP contribution in [0.5, 0.6) is 0 Å². The number of nitrogens with zero attached hydrogens (tertiary/aromatic N) is 3. The number of rotatable bonds is 24. The Labute approximate surface area is 542 Å². The van der Waals surface area contributed by atoms with Crippen LogP contribution < -0.4 is 0 Å². The van der Waals surface area contributed by atoms with Gasteiger partial charge in [0.05, 0.1) is 11.4 Å². The van der Waals surface area contributed by atoms with E-state index in [1.807, 2.05) is 41.5 Å². The van der Waals surface area contributed by atoms with E-state index >= 15 is 0 Å². The first-order chi connectivity index (χ1) is 38.8. The number of amides is 1. The van der Waals surface area contributed by atoms with E-state index in [9.17, 15) is 14.4 Å². The summed E-state index contributed by atoms with van der Waals surface area (Å²) in [5.74, 6) is 10.6. The van der Waals surface area contributed by atoms with Gasteiger partial charge < -0.3 is 19.7 Å². The second kappa shape index (κ2) is 92.6. The minimum absolute atomic E-state index is 0.139. The van der Waals surface area contributed by atoms with Gasteiger partial charge in [-0.1, -0.05) is 323 Å². The number of ketones is 2. The summed E-state index contributed by atoms with van der Waals surface area (Å²) in [6.07, 6.45) is 21.0. The molecule has 1 amide bonds. The molecular formula is C77H171N3O5. The molecule has 0 aliphatic heterocycles. The fraction of sp³-hybridized carbons (Fsp3) is 0.909. The summed E-state index contributed by atoms with van der Waals surface area (Å²) >= 11 is 0. The summed E-state index contributed by atoms with van der Waals surface area (Å²) in [5.41, 5.74) is 1.87. The lowest BCUT2D eigenvalue weighted by atomic mass is 10.1. The molecule has 0 saturated carbocycles. The Bertz CT molecular complexity index is 1200. The molecule has 0 aromatic heterocycles. The Kier molecular flexibility index (Phi) is 124. The zero-order valence-corrected chi connectivity index (χ0v) is 66.7. The molecule has 0 atom stereocenters. The Morgan fingerprint density at radius 2 is 0.682 bits per heavy atom. The first-order valence-corrected chi connectivity index (χ1v) is 34.9. The maximum absolute atomic E-state index is 11.0. The Hall–Kier alpha value is -2.51. The van der Waals surface area contributed by atoms with Crippen LogP contribution in [-0.2, 0) is 19.2 Å². The molecule has 0 radical (unpaired) electrons. The molecular weight excluding hydrogens is 1050 g/mol. The van der Waals surface area contributed by atoms with Crippen LogP contribution >= 0.6 is 0 Å². The lowest BCUT2D eigenvalue weighted by molar-refractivity contribution is -0.129. The molecule has 1 N–H and O–H groups in total. The second-order valence-corrected chi connectivity index (χ2v) is 28.4. The van der Waals surface area contributed by atoms with Crippen molar-refractivity contribution in [1.29, 1.82) is 0 Å². The van der Waals surface area contributed by atoms with Crippen LogP contribution in [0.1, 0.15) is 365 Å². The average molecular weight is 1220 g/mol. The fourth-order valence-corrected chi connectivity index (χ4v) is 4.30. The van der Waals surface area contributed by atoms with Gasteiger partial charge in [-0.05, 0) is 123 Å². The predicted molar refractivity (Wildman–Crippen MR) is 396 cm³/mol. The van der Waals surface area contributed by atoms with E-state index in [0.29, 0.717) is 42.4 Å². The molecule has 0 fully saturated rings. The quantitative estimate of drug-likeness (QED) is 0.0448. The van der Waals surface area contributed by atoms with Crippen molar-refractivity contribution < 1.29 is 24.4 Å². The van der Waals surface area contributed by atoms with Crippen molar-refractivity contribution >= 4 is 28.9 Å². The van der Waals surface area contributed by atoms with Gasteiger partial charge in [0, 0.05) is 33.4 Å². The number of carbonyl (C=O) groups is 3. The summed E-state index contributed by atoms with van der Waals surface area (Å²) in [4.78, 5) is 38.0. The van der Waals surface area contributed by atoms with Crippen molar-refractivity contribution in [2.45, 2.75) is 365 Å². The number of carbonyl (C=O) groups excluding carboxylic acids is 3. The lowest BCUT2D eigenvalue weighted by Crippen LogP contribution is -2.21. The molecule has 0 aliphatic rings. The molecule has 8 nitrogen and oxygen atoms in total. The minimum Gasteiger partial charge on any atom is -0.411 e. The molecule has 0 aromatic carbocycles. The molecule has 0 aromatic rings. The third kappa shape index (κ3) is 219.